The summed E-state index contributed by atoms with van der Waals surface area (Å²) in [6.45, 7) is -0.0332. The molecule has 3 aromatic rings. The van der Waals surface area contributed by atoms with E-state index in [0.29, 0.717) is 10.8 Å². The van der Waals surface area contributed by atoms with Gasteiger partial charge >= 0.3 is 0 Å². The molecule has 0 atom stereocenters. The Morgan fingerprint density at radius 3 is 2.40 bits per heavy atom. The summed E-state index contributed by atoms with van der Waals surface area (Å²) in [6, 6.07) is 13.4. The first-order chi connectivity index (χ1) is 11.9. The van der Waals surface area contributed by atoms with Gasteiger partial charge in [0.2, 0.25) is 21.7 Å². The van der Waals surface area contributed by atoms with Crippen LogP contribution in [-0.2, 0) is 16.6 Å². The number of hydrogen-bond acceptors (Lipinski definition) is 5. The standard InChI is InChI=1S/C16H13BrClN3O3S/c1-21(25(22,23)14-8-6-13(18)7-9-14)10-15-19-16(20-24-15)11-2-4-12(17)5-3-11/h2-9H,10H2,1H3. The number of hydrogen-bond donors (Lipinski definition) is 0. The van der Waals surface area contributed by atoms with Crippen LogP contribution in [-0.4, -0.2) is 29.9 Å². The second-order valence-electron chi connectivity index (χ2n) is 5.23. The fourth-order valence-corrected chi connectivity index (χ4v) is 3.61. The van der Waals surface area contributed by atoms with Crippen LogP contribution >= 0.6 is 27.5 Å². The summed E-state index contributed by atoms with van der Waals surface area (Å²) >= 11 is 9.16. The summed E-state index contributed by atoms with van der Waals surface area (Å²) in [5, 5.41) is 4.37. The minimum absolute atomic E-state index is 0.0332. The molecule has 0 saturated carbocycles. The number of rotatable bonds is 5. The Balaban J connectivity index is 1.78. The van der Waals surface area contributed by atoms with Crippen LogP contribution in [0.3, 0.4) is 0 Å². The van der Waals surface area contributed by atoms with Crippen LogP contribution in [0.4, 0.5) is 0 Å². The van der Waals surface area contributed by atoms with E-state index in [4.69, 9.17) is 16.1 Å². The van der Waals surface area contributed by atoms with Crippen LogP contribution in [0, 0.1) is 0 Å². The molecule has 0 amide bonds. The minimum atomic E-state index is -3.67. The maximum atomic E-state index is 12.5. The van der Waals surface area contributed by atoms with Crippen LogP contribution in [0.1, 0.15) is 5.89 Å². The second-order valence-corrected chi connectivity index (χ2v) is 8.63. The number of halogens is 2. The molecular formula is C16H13BrClN3O3S. The van der Waals surface area contributed by atoms with Gasteiger partial charge in [-0.15, -0.1) is 0 Å². The summed E-state index contributed by atoms with van der Waals surface area (Å²) in [4.78, 5) is 4.40. The van der Waals surface area contributed by atoms with Crippen molar-refractivity contribution in [3.05, 3.63) is 63.9 Å². The number of aromatic nitrogens is 2. The molecule has 1 heterocycles. The van der Waals surface area contributed by atoms with Gasteiger partial charge in [-0.25, -0.2) is 8.42 Å². The molecule has 0 aliphatic carbocycles. The summed E-state index contributed by atoms with van der Waals surface area (Å²) in [7, 11) is -2.22. The third-order valence-electron chi connectivity index (χ3n) is 3.45. The Morgan fingerprint density at radius 1 is 1.12 bits per heavy atom. The molecule has 0 aliphatic rings. The average Bonchev–Trinajstić information content (AvgIpc) is 3.04. The smallest absolute Gasteiger partial charge is 0.243 e. The third-order valence-corrected chi connectivity index (χ3v) is 6.05. The van der Waals surface area contributed by atoms with E-state index in [2.05, 4.69) is 26.1 Å². The fourth-order valence-electron chi connectivity index (χ4n) is 2.10. The molecule has 9 heteroatoms. The molecule has 0 unspecified atom stereocenters. The van der Waals surface area contributed by atoms with Gasteiger partial charge in [0.15, 0.2) is 0 Å². The lowest BCUT2D eigenvalue weighted by Gasteiger charge is -2.14. The lowest BCUT2D eigenvalue weighted by molar-refractivity contribution is 0.337. The van der Waals surface area contributed by atoms with Crippen molar-refractivity contribution in [2.75, 3.05) is 7.05 Å². The fraction of sp³-hybridized carbons (Fsp3) is 0.125. The van der Waals surface area contributed by atoms with Crippen molar-refractivity contribution < 1.29 is 12.9 Å². The maximum absolute atomic E-state index is 12.5. The van der Waals surface area contributed by atoms with Crippen LogP contribution < -0.4 is 0 Å². The highest BCUT2D eigenvalue weighted by Gasteiger charge is 2.23. The molecule has 6 nitrogen and oxygen atoms in total. The largest absolute Gasteiger partial charge is 0.338 e. The van der Waals surface area contributed by atoms with Crippen LogP contribution in [0.5, 0.6) is 0 Å². The van der Waals surface area contributed by atoms with Crippen molar-refractivity contribution >= 4 is 37.6 Å². The van der Waals surface area contributed by atoms with E-state index in [-0.39, 0.29) is 17.3 Å². The number of benzene rings is 2. The topological polar surface area (TPSA) is 76.3 Å². The van der Waals surface area contributed by atoms with E-state index in [1.807, 2.05) is 24.3 Å². The van der Waals surface area contributed by atoms with Gasteiger partial charge in [-0.3, -0.25) is 0 Å². The zero-order valence-electron chi connectivity index (χ0n) is 13.1. The maximum Gasteiger partial charge on any atom is 0.243 e. The lowest BCUT2D eigenvalue weighted by Crippen LogP contribution is -2.26. The molecule has 2 aromatic carbocycles. The molecule has 0 fully saturated rings. The van der Waals surface area contributed by atoms with Gasteiger partial charge in [0, 0.05) is 22.1 Å². The Bertz CT molecular complexity index is 973. The molecule has 0 aliphatic heterocycles. The quantitative estimate of drug-likeness (QED) is 0.597. The van der Waals surface area contributed by atoms with Crippen molar-refractivity contribution in [2.45, 2.75) is 11.4 Å². The molecule has 130 valence electrons. The highest BCUT2D eigenvalue weighted by atomic mass is 79.9. The van der Waals surface area contributed by atoms with Gasteiger partial charge < -0.3 is 4.52 Å². The van der Waals surface area contributed by atoms with E-state index in [1.54, 1.807) is 0 Å². The molecule has 0 radical (unpaired) electrons. The monoisotopic (exact) mass is 441 g/mol. The first kappa shape index (κ1) is 18.1. The zero-order chi connectivity index (χ0) is 18.0. The molecule has 0 bridgehead atoms. The Hall–Kier alpha value is -1.74. The Morgan fingerprint density at radius 2 is 1.76 bits per heavy atom. The van der Waals surface area contributed by atoms with Crippen molar-refractivity contribution in [3.63, 3.8) is 0 Å². The molecular weight excluding hydrogens is 430 g/mol. The van der Waals surface area contributed by atoms with E-state index in [0.717, 1.165) is 14.3 Å². The van der Waals surface area contributed by atoms with Crippen molar-refractivity contribution in [1.82, 2.24) is 14.4 Å². The SMILES string of the molecule is CN(Cc1nc(-c2ccc(Br)cc2)no1)S(=O)(=O)c1ccc(Cl)cc1. The van der Waals surface area contributed by atoms with Gasteiger partial charge in [-0.1, -0.05) is 32.7 Å². The molecule has 0 N–H and O–H groups in total. The summed E-state index contributed by atoms with van der Waals surface area (Å²) in [6.07, 6.45) is 0. The molecule has 25 heavy (non-hydrogen) atoms. The van der Waals surface area contributed by atoms with Gasteiger partial charge in [0.05, 0.1) is 11.4 Å². The first-order valence-electron chi connectivity index (χ1n) is 7.17. The molecule has 1 aromatic heterocycles. The average molecular weight is 443 g/mol. The van der Waals surface area contributed by atoms with Crippen molar-refractivity contribution in [1.29, 1.82) is 0 Å². The summed E-state index contributed by atoms with van der Waals surface area (Å²) in [5.74, 6) is 0.609. The van der Waals surface area contributed by atoms with Gasteiger partial charge in [-0.2, -0.15) is 9.29 Å². The van der Waals surface area contributed by atoms with Crippen molar-refractivity contribution in [3.8, 4) is 11.4 Å². The number of nitrogens with zero attached hydrogens (tertiary/aromatic N) is 3. The minimum Gasteiger partial charge on any atom is -0.338 e. The molecule has 3 rings (SSSR count). The summed E-state index contributed by atoms with van der Waals surface area (Å²) < 4.78 is 32.4. The van der Waals surface area contributed by atoms with Crippen molar-refractivity contribution in [2.24, 2.45) is 0 Å². The second kappa shape index (κ2) is 7.25. The van der Waals surface area contributed by atoms with E-state index >= 15 is 0 Å². The molecule has 0 saturated heterocycles. The predicted molar refractivity (Wildman–Crippen MR) is 97.5 cm³/mol. The van der Waals surface area contributed by atoms with E-state index < -0.39 is 10.0 Å². The predicted octanol–water partition coefficient (Wildman–Crippen LogP) is 3.97. The van der Waals surface area contributed by atoms with Crippen LogP contribution in [0.2, 0.25) is 5.02 Å². The lowest BCUT2D eigenvalue weighted by atomic mass is 10.2. The van der Waals surface area contributed by atoms with Gasteiger partial charge in [0.25, 0.3) is 0 Å². The Labute approximate surface area is 158 Å². The normalized spacial score (nSPS) is 11.8. The number of sulfonamides is 1. The van der Waals surface area contributed by atoms with E-state index in [9.17, 15) is 8.42 Å². The van der Waals surface area contributed by atoms with E-state index in [1.165, 1.54) is 31.3 Å². The van der Waals surface area contributed by atoms with Crippen LogP contribution in [0.25, 0.3) is 11.4 Å². The van der Waals surface area contributed by atoms with Crippen LogP contribution in [0.15, 0.2) is 62.4 Å². The van der Waals surface area contributed by atoms with Gasteiger partial charge in [-0.05, 0) is 48.5 Å². The Kier molecular flexibility index (Phi) is 5.24. The zero-order valence-corrected chi connectivity index (χ0v) is 16.2. The van der Waals surface area contributed by atoms with Gasteiger partial charge in [0.1, 0.15) is 0 Å². The highest BCUT2D eigenvalue weighted by molar-refractivity contribution is 9.10. The first-order valence-corrected chi connectivity index (χ1v) is 9.78. The highest BCUT2D eigenvalue weighted by Crippen LogP contribution is 2.21. The third kappa shape index (κ3) is 4.09. The molecule has 0 spiro atoms. The summed E-state index contributed by atoms with van der Waals surface area (Å²) in [5.41, 5.74) is 0.779.